The Balaban J connectivity index is 0.800. The molecule has 4 heterocycles. The number of amides is 2. The summed E-state index contributed by atoms with van der Waals surface area (Å²) in [5, 5.41) is 23.8. The Kier molecular flexibility index (Phi) is 15.1. The molecule has 5 N–H and O–H groups in total. The molecule has 12 heteroatoms. The van der Waals surface area contributed by atoms with Crippen molar-refractivity contribution in [1.82, 2.24) is 10.6 Å². The van der Waals surface area contributed by atoms with Crippen LogP contribution in [0.4, 0.5) is 11.4 Å². The second-order valence-electron chi connectivity index (χ2n) is 16.6. The number of anilines is 2. The molecule has 2 amide bonds. The van der Waals surface area contributed by atoms with Gasteiger partial charge < -0.3 is 35.8 Å². The van der Waals surface area contributed by atoms with Crippen LogP contribution < -0.4 is 21.3 Å². The molecule has 2 aromatic carbocycles. The fraction of sp³-hybridized carbons (Fsp3) is 0.578. The monoisotopic (exact) mass is 818 g/mol. The van der Waals surface area contributed by atoms with Gasteiger partial charge in [0, 0.05) is 64.2 Å². The number of ether oxygens (including phenoxy) is 2. The number of aliphatic hydroxyl groups is 1. The first-order chi connectivity index (χ1) is 27.3. The van der Waals surface area contributed by atoms with Crippen LogP contribution >= 0.6 is 23.5 Å². The minimum atomic E-state index is -0.786. The summed E-state index contributed by atoms with van der Waals surface area (Å²) in [6, 6.07) is 16.3. The fourth-order valence-corrected chi connectivity index (χ4v) is 11.3. The second kappa shape index (κ2) is 19.7. The molecule has 0 aromatic heterocycles. The molecule has 310 valence electrons. The van der Waals surface area contributed by atoms with Gasteiger partial charge in [-0.2, -0.15) is 0 Å². The van der Waals surface area contributed by atoms with Gasteiger partial charge in [-0.1, -0.05) is 62.4 Å². The molecule has 4 aliphatic heterocycles. The van der Waals surface area contributed by atoms with Gasteiger partial charge in [0.1, 0.15) is 0 Å². The molecule has 4 aliphatic rings. The highest BCUT2D eigenvalue weighted by molar-refractivity contribution is 8.18. The number of carbonyl (C=O) groups excluding carboxylic acids is 3. The van der Waals surface area contributed by atoms with E-state index in [0.717, 1.165) is 65.3 Å². The Labute approximate surface area is 347 Å². The maximum atomic E-state index is 12.7. The van der Waals surface area contributed by atoms with Crippen molar-refractivity contribution in [3.8, 4) is 0 Å². The molecule has 57 heavy (non-hydrogen) atoms. The summed E-state index contributed by atoms with van der Waals surface area (Å²) in [6.07, 6.45) is 7.59. The first-order valence-corrected chi connectivity index (χ1v) is 22.8. The SMILES string of the molecule is CC1NC(/C=C2/C(=O)Nc3ccccc32)C(C)C1CCC(=O)OCCCSC(C)(C)SCCCOC(O)CCC1C(C)NC(/C=C2/C(=O)Nc3ccccc32)C1C. The second-order valence-corrected chi connectivity index (χ2v) is 20.3. The van der Waals surface area contributed by atoms with E-state index in [4.69, 9.17) is 9.47 Å². The number of aliphatic hydroxyl groups excluding tert-OH is 1. The van der Waals surface area contributed by atoms with Gasteiger partial charge in [0.05, 0.1) is 17.3 Å². The van der Waals surface area contributed by atoms with Crippen LogP contribution in [-0.4, -0.2) is 82.1 Å². The lowest BCUT2D eigenvalue weighted by Gasteiger charge is -2.24. The lowest BCUT2D eigenvalue weighted by Crippen LogP contribution is -2.28. The third kappa shape index (κ3) is 11.1. The Morgan fingerprint density at radius 1 is 0.772 bits per heavy atom. The zero-order valence-electron chi connectivity index (χ0n) is 34.3. The van der Waals surface area contributed by atoms with Crippen molar-refractivity contribution in [1.29, 1.82) is 0 Å². The Morgan fingerprint density at radius 3 is 1.81 bits per heavy atom. The summed E-state index contributed by atoms with van der Waals surface area (Å²) in [5.41, 5.74) is 5.07. The molecule has 9 atom stereocenters. The van der Waals surface area contributed by atoms with Gasteiger partial charge in [-0.3, -0.25) is 14.4 Å². The van der Waals surface area contributed by atoms with Crippen molar-refractivity contribution < 1.29 is 29.0 Å². The molecular weight excluding hydrogens is 757 g/mol. The van der Waals surface area contributed by atoms with E-state index in [9.17, 15) is 19.5 Å². The van der Waals surface area contributed by atoms with Crippen LogP contribution in [-0.2, 0) is 23.9 Å². The maximum absolute atomic E-state index is 12.7. The molecule has 10 nitrogen and oxygen atoms in total. The minimum Gasteiger partial charge on any atom is -0.466 e. The Hall–Kier alpha value is -3.13. The highest BCUT2D eigenvalue weighted by atomic mass is 32.2. The lowest BCUT2D eigenvalue weighted by molar-refractivity contribution is -0.144. The quantitative estimate of drug-likeness (QED) is 0.0415. The average molecular weight is 819 g/mol. The van der Waals surface area contributed by atoms with Crippen LogP contribution in [0.3, 0.4) is 0 Å². The summed E-state index contributed by atoms with van der Waals surface area (Å²) >= 11 is 3.76. The number of hydrogen-bond acceptors (Lipinski definition) is 10. The van der Waals surface area contributed by atoms with E-state index < -0.39 is 6.29 Å². The van der Waals surface area contributed by atoms with Crippen molar-refractivity contribution in [3.05, 3.63) is 71.8 Å². The molecule has 2 fully saturated rings. The summed E-state index contributed by atoms with van der Waals surface area (Å²) in [5.74, 6) is 2.87. The van der Waals surface area contributed by atoms with Crippen molar-refractivity contribution in [2.24, 2.45) is 23.7 Å². The molecule has 9 unspecified atom stereocenters. The first-order valence-electron chi connectivity index (χ1n) is 20.8. The van der Waals surface area contributed by atoms with E-state index in [0.29, 0.717) is 49.4 Å². The predicted octanol–water partition coefficient (Wildman–Crippen LogP) is 7.70. The van der Waals surface area contributed by atoms with E-state index in [2.05, 4.69) is 75.0 Å². The number of fused-ring (bicyclic) bond motifs is 2. The molecule has 0 saturated carbocycles. The van der Waals surface area contributed by atoms with Gasteiger partial charge in [0.15, 0.2) is 6.29 Å². The largest absolute Gasteiger partial charge is 0.466 e. The first kappa shape index (κ1) is 43.4. The summed E-state index contributed by atoms with van der Waals surface area (Å²) < 4.78 is 11.4. The van der Waals surface area contributed by atoms with E-state index in [1.165, 1.54) is 0 Å². The maximum Gasteiger partial charge on any atom is 0.305 e. The minimum absolute atomic E-state index is 0.0202. The van der Waals surface area contributed by atoms with Crippen LogP contribution in [0.2, 0.25) is 0 Å². The predicted molar refractivity (Wildman–Crippen MR) is 234 cm³/mol. The molecule has 6 rings (SSSR count). The Morgan fingerprint density at radius 2 is 1.26 bits per heavy atom. The number of nitrogens with one attached hydrogen (secondary N) is 4. The lowest BCUT2D eigenvalue weighted by atomic mass is 9.84. The van der Waals surface area contributed by atoms with Crippen molar-refractivity contribution in [2.75, 3.05) is 35.4 Å². The number of rotatable bonds is 19. The van der Waals surface area contributed by atoms with Crippen LogP contribution in [0, 0.1) is 23.7 Å². The summed E-state index contributed by atoms with van der Waals surface area (Å²) in [6.45, 7) is 14.2. The summed E-state index contributed by atoms with van der Waals surface area (Å²) in [4.78, 5) is 37.9. The van der Waals surface area contributed by atoms with Crippen molar-refractivity contribution in [3.63, 3.8) is 0 Å². The van der Waals surface area contributed by atoms with E-state index in [1.54, 1.807) is 0 Å². The number of para-hydroxylation sites is 2. The number of benzene rings is 2. The highest BCUT2D eigenvalue weighted by Crippen LogP contribution is 2.39. The van der Waals surface area contributed by atoms with Crippen molar-refractivity contribution in [2.45, 2.75) is 115 Å². The van der Waals surface area contributed by atoms with Gasteiger partial charge in [0.2, 0.25) is 0 Å². The van der Waals surface area contributed by atoms with E-state index in [-0.39, 0.29) is 51.9 Å². The molecule has 0 aliphatic carbocycles. The number of esters is 1. The van der Waals surface area contributed by atoms with Gasteiger partial charge in [0.25, 0.3) is 11.8 Å². The molecule has 2 aromatic rings. The van der Waals surface area contributed by atoms with E-state index in [1.807, 2.05) is 72.1 Å². The average Bonchev–Trinajstić information content (AvgIpc) is 3.84. The third-order valence-corrected chi connectivity index (χ3v) is 15.4. The molecular formula is C45H62N4O6S2. The van der Waals surface area contributed by atoms with Crippen LogP contribution in [0.25, 0.3) is 11.1 Å². The van der Waals surface area contributed by atoms with Gasteiger partial charge >= 0.3 is 5.97 Å². The van der Waals surface area contributed by atoms with Gasteiger partial charge in [-0.15, -0.1) is 23.5 Å². The van der Waals surface area contributed by atoms with E-state index >= 15 is 0 Å². The van der Waals surface area contributed by atoms with Crippen LogP contribution in [0.1, 0.15) is 91.2 Å². The van der Waals surface area contributed by atoms with Crippen LogP contribution in [0.15, 0.2) is 60.7 Å². The number of hydrogen-bond donors (Lipinski definition) is 5. The van der Waals surface area contributed by atoms with Gasteiger partial charge in [-0.25, -0.2) is 0 Å². The molecule has 0 spiro atoms. The smallest absolute Gasteiger partial charge is 0.305 e. The van der Waals surface area contributed by atoms with Crippen molar-refractivity contribution >= 4 is 63.8 Å². The molecule has 0 bridgehead atoms. The molecule has 0 radical (unpaired) electrons. The number of thioether (sulfide) groups is 2. The standard InChI is InChI=1S/C45H62N4O6S2/c1-27-31(29(3)46-39(27)25-35-33-13-7-9-15-37(33)48-43(35)52)17-19-41(50)54-21-11-23-56-45(5,6)57-24-12-22-55-42(51)20-18-32-28(2)40(47-30(32)4)26-36-34-14-8-10-16-38(34)49-44(36)53/h7-10,13-16,25-32,39-41,46-47,50H,11-12,17-24H2,1-6H3,(H,48,52)(H,49,53)/b35-25+,36-26+. The molecule has 2 saturated heterocycles. The van der Waals surface area contributed by atoms with Gasteiger partial charge in [-0.05, 0) is 107 Å². The number of carbonyl (C=O) groups is 3. The third-order valence-electron chi connectivity index (χ3n) is 12.3. The summed E-state index contributed by atoms with van der Waals surface area (Å²) in [7, 11) is 0. The zero-order chi connectivity index (χ0) is 40.7. The topological polar surface area (TPSA) is 138 Å². The highest BCUT2D eigenvalue weighted by Gasteiger charge is 2.39. The zero-order valence-corrected chi connectivity index (χ0v) is 36.0. The van der Waals surface area contributed by atoms with Crippen LogP contribution in [0.5, 0.6) is 0 Å². The fourth-order valence-electron chi connectivity index (χ4n) is 8.97. The normalized spacial score (nSPS) is 28.8. The Bertz CT molecular complexity index is 1800.